The van der Waals surface area contributed by atoms with Gasteiger partial charge in [-0.2, -0.15) is 0 Å². The number of nitrogens with zero attached hydrogens (tertiary/aromatic N) is 2. The Morgan fingerprint density at radius 3 is 2.37 bits per heavy atom. The zero-order valence-corrected chi connectivity index (χ0v) is 24.3. The number of piperidine rings is 4. The molecule has 216 valence electrons. The molecule has 5 fully saturated rings. The van der Waals surface area contributed by atoms with Gasteiger partial charge >= 0.3 is 11.9 Å². The fourth-order valence-corrected chi connectivity index (χ4v) is 9.51. The van der Waals surface area contributed by atoms with Crippen LogP contribution in [-0.2, 0) is 19.7 Å². The van der Waals surface area contributed by atoms with Crippen molar-refractivity contribution in [3.8, 4) is 17.2 Å². The summed E-state index contributed by atoms with van der Waals surface area (Å²) >= 11 is 0. The van der Waals surface area contributed by atoms with E-state index in [0.717, 1.165) is 24.2 Å². The van der Waals surface area contributed by atoms with E-state index in [1.54, 1.807) is 12.1 Å². The molecule has 0 amide bonds. The molecule has 4 saturated heterocycles. The van der Waals surface area contributed by atoms with Gasteiger partial charge in [-0.1, -0.05) is 29.8 Å². The average molecular weight is 561 g/mol. The lowest BCUT2D eigenvalue weighted by atomic mass is 9.58. The Balaban J connectivity index is 1.44. The Bertz CT molecular complexity index is 1460. The molecule has 6 bridgehead atoms. The molecular formula is C32H36N2O7. The molecule has 1 aliphatic carbocycles. The van der Waals surface area contributed by atoms with Gasteiger partial charge in [0.05, 0.1) is 45.5 Å². The second-order valence-corrected chi connectivity index (χ2v) is 11.8. The molecule has 9 heteroatoms. The van der Waals surface area contributed by atoms with Crippen LogP contribution in [0.25, 0.3) is 0 Å². The Hall–Kier alpha value is -3.72. The van der Waals surface area contributed by atoms with E-state index in [1.807, 2.05) is 19.1 Å². The van der Waals surface area contributed by atoms with Gasteiger partial charge in [-0.25, -0.2) is 4.79 Å². The first-order chi connectivity index (χ1) is 19.8. The number of hydrogen-bond acceptors (Lipinski definition) is 9. The largest absolute Gasteiger partial charge is 0.493 e. The predicted octanol–water partition coefficient (Wildman–Crippen LogP) is 3.59. The number of esters is 2. The Kier molecular flexibility index (Phi) is 5.68. The van der Waals surface area contributed by atoms with E-state index in [-0.39, 0.29) is 35.6 Å². The smallest absolute Gasteiger partial charge is 0.338 e. The Labute approximate surface area is 239 Å². The van der Waals surface area contributed by atoms with Gasteiger partial charge < -0.3 is 28.6 Å². The molecule has 1 saturated carbocycles. The van der Waals surface area contributed by atoms with Crippen LogP contribution in [0.5, 0.6) is 17.2 Å². The minimum atomic E-state index is -1.03. The summed E-state index contributed by atoms with van der Waals surface area (Å²) in [5, 5.41) is 0. The van der Waals surface area contributed by atoms with Gasteiger partial charge in [-0.15, -0.1) is 0 Å². The van der Waals surface area contributed by atoms with Gasteiger partial charge in [0.15, 0.2) is 11.5 Å². The third kappa shape index (κ3) is 2.95. The molecular weight excluding hydrogens is 524 g/mol. The minimum absolute atomic E-state index is 0.0452. The lowest BCUT2D eigenvalue weighted by molar-refractivity contribution is -0.180. The van der Waals surface area contributed by atoms with Crippen LogP contribution < -0.4 is 19.1 Å². The maximum Gasteiger partial charge on any atom is 0.338 e. The van der Waals surface area contributed by atoms with Crippen LogP contribution in [0.3, 0.4) is 0 Å². The van der Waals surface area contributed by atoms with E-state index >= 15 is 0 Å². The fraction of sp³-hybridized carbons (Fsp3) is 0.500. The quantitative estimate of drug-likeness (QED) is 0.389. The summed E-state index contributed by atoms with van der Waals surface area (Å²) < 4.78 is 28.9. The molecule has 6 aliphatic rings. The number of rotatable bonds is 6. The third-order valence-corrected chi connectivity index (χ3v) is 10.8. The van der Waals surface area contributed by atoms with Crippen molar-refractivity contribution in [3.63, 3.8) is 0 Å². The van der Waals surface area contributed by atoms with Gasteiger partial charge in [0.25, 0.3) is 0 Å². The topological polar surface area (TPSA) is 86.8 Å². The van der Waals surface area contributed by atoms with E-state index < -0.39 is 22.9 Å². The van der Waals surface area contributed by atoms with E-state index in [4.69, 9.17) is 23.7 Å². The van der Waals surface area contributed by atoms with Crippen LogP contribution in [-0.4, -0.2) is 83.1 Å². The maximum atomic E-state index is 14.2. The van der Waals surface area contributed by atoms with Crippen molar-refractivity contribution in [1.82, 2.24) is 4.90 Å². The molecule has 0 radical (unpaired) electrons. The number of methoxy groups -OCH3 is 4. The number of fused-ring (bicyclic) bond motifs is 2. The van der Waals surface area contributed by atoms with Crippen molar-refractivity contribution in [3.05, 3.63) is 59.2 Å². The molecule has 5 heterocycles. The molecule has 8 atom stereocenters. The van der Waals surface area contributed by atoms with Crippen LogP contribution in [0.15, 0.2) is 48.0 Å². The van der Waals surface area contributed by atoms with Gasteiger partial charge in [0.2, 0.25) is 5.75 Å². The van der Waals surface area contributed by atoms with Crippen LogP contribution >= 0.6 is 0 Å². The summed E-state index contributed by atoms with van der Waals surface area (Å²) in [5.74, 6) is 0.180. The first kappa shape index (κ1) is 26.2. The van der Waals surface area contributed by atoms with Crippen molar-refractivity contribution < 1.29 is 33.3 Å². The summed E-state index contributed by atoms with van der Waals surface area (Å²) in [7, 11) is 8.13. The molecule has 8 rings (SSSR count). The molecule has 0 N–H and O–H groups in total. The zero-order valence-electron chi connectivity index (χ0n) is 24.3. The Morgan fingerprint density at radius 2 is 1.73 bits per heavy atom. The Morgan fingerprint density at radius 1 is 1.02 bits per heavy atom. The number of ether oxygens (including phenoxy) is 5. The van der Waals surface area contributed by atoms with E-state index in [2.05, 4.69) is 35.1 Å². The van der Waals surface area contributed by atoms with Crippen LogP contribution in [0.2, 0.25) is 0 Å². The number of carbonyl (C=O) groups is 2. The summed E-state index contributed by atoms with van der Waals surface area (Å²) in [6.07, 6.45) is 2.92. The van der Waals surface area contributed by atoms with Crippen molar-refractivity contribution in [2.24, 2.45) is 11.3 Å². The standard InChI is InChI=1S/C32H36N2O7/c1-7-17-16-34-22-14-20(17)32(30(36)40-6)25(34)15-31(19-10-8-9-11-21(19)33(2)27(22)31)29(32)41-28(35)18-12-23(37-3)26(39-5)24(13-18)38-4/h7-13,20,22,25,27,29H,14-16H2,1-6H3/t20-,22-,25-,27+,29-,31+,32+/m0/s1. The van der Waals surface area contributed by atoms with Gasteiger partial charge in [0, 0.05) is 37.3 Å². The van der Waals surface area contributed by atoms with Gasteiger partial charge in [0.1, 0.15) is 11.5 Å². The van der Waals surface area contributed by atoms with Crippen LogP contribution in [0.4, 0.5) is 5.69 Å². The lowest BCUT2D eigenvalue weighted by Gasteiger charge is -2.61. The second kappa shape index (κ2) is 8.89. The molecule has 1 spiro atoms. The molecule has 41 heavy (non-hydrogen) atoms. The number of likely N-dealkylation sites (N-methyl/N-ethyl adjacent to an activating group) is 1. The minimum Gasteiger partial charge on any atom is -0.493 e. The van der Waals surface area contributed by atoms with E-state index in [1.165, 1.54) is 34.0 Å². The predicted molar refractivity (Wildman–Crippen MR) is 151 cm³/mol. The van der Waals surface area contributed by atoms with Crippen molar-refractivity contribution in [1.29, 1.82) is 0 Å². The molecule has 0 aromatic heterocycles. The number of hydrogen-bond donors (Lipinski definition) is 0. The van der Waals surface area contributed by atoms with Crippen molar-refractivity contribution >= 4 is 17.6 Å². The monoisotopic (exact) mass is 560 g/mol. The summed E-state index contributed by atoms with van der Waals surface area (Å²) in [5.41, 5.74) is 2.14. The SMILES string of the molecule is CC=C1CN2[C@H]3C[C@@]45c6ccccc6N(C)[C@@H]4[C@@H]2C[C@@H]1[C@]3(C(=O)OC)[C@H]5OC(=O)c1cc(OC)c(OC)c(OC)c1. The first-order valence-corrected chi connectivity index (χ1v) is 14.2. The maximum absolute atomic E-state index is 14.2. The van der Waals surface area contributed by atoms with Crippen molar-refractivity contribution in [2.75, 3.05) is 46.9 Å². The highest BCUT2D eigenvalue weighted by molar-refractivity contribution is 5.93. The molecule has 5 aliphatic heterocycles. The van der Waals surface area contributed by atoms with E-state index in [9.17, 15) is 9.59 Å². The number of carbonyl (C=O) groups excluding carboxylic acids is 2. The highest BCUT2D eigenvalue weighted by Crippen LogP contribution is 2.73. The fourth-order valence-electron chi connectivity index (χ4n) is 9.51. The second-order valence-electron chi connectivity index (χ2n) is 11.8. The molecule has 1 unspecified atom stereocenters. The number of allylic oxidation sites excluding steroid dienone is 1. The number of para-hydroxylation sites is 1. The zero-order chi connectivity index (χ0) is 28.8. The highest BCUT2D eigenvalue weighted by atomic mass is 16.6. The average Bonchev–Trinajstić information content (AvgIpc) is 3.40. The van der Waals surface area contributed by atoms with Crippen LogP contribution in [0, 0.1) is 11.3 Å². The van der Waals surface area contributed by atoms with Crippen LogP contribution in [0.1, 0.15) is 35.7 Å². The third-order valence-electron chi connectivity index (χ3n) is 10.8. The van der Waals surface area contributed by atoms with Crippen molar-refractivity contribution in [2.45, 2.75) is 49.4 Å². The number of anilines is 1. The first-order valence-electron chi connectivity index (χ1n) is 14.2. The molecule has 2 aromatic carbocycles. The summed E-state index contributed by atoms with van der Waals surface area (Å²) in [4.78, 5) is 33.3. The molecule has 9 nitrogen and oxygen atoms in total. The van der Waals surface area contributed by atoms with E-state index in [0.29, 0.717) is 23.7 Å². The number of benzene rings is 2. The summed E-state index contributed by atoms with van der Waals surface area (Å²) in [6, 6.07) is 11.7. The van der Waals surface area contributed by atoms with Gasteiger partial charge in [-0.3, -0.25) is 9.69 Å². The highest BCUT2D eigenvalue weighted by Gasteiger charge is 2.84. The normalized spacial score (nSPS) is 36.1. The summed E-state index contributed by atoms with van der Waals surface area (Å²) in [6.45, 7) is 2.85. The molecule has 2 aromatic rings. The lowest BCUT2D eigenvalue weighted by Crippen LogP contribution is -2.71. The van der Waals surface area contributed by atoms with Gasteiger partial charge in [-0.05, 0) is 43.5 Å².